The van der Waals surface area contributed by atoms with Crippen LogP contribution in [0.3, 0.4) is 0 Å². The lowest BCUT2D eigenvalue weighted by Crippen LogP contribution is -2.32. The molecule has 0 saturated heterocycles. The highest BCUT2D eigenvalue weighted by Gasteiger charge is 2.14. The fraction of sp³-hybridized carbons (Fsp3) is 0.0833. The van der Waals surface area contributed by atoms with Gasteiger partial charge in [0.25, 0.3) is 10.0 Å². The molecule has 9 heteroatoms. The third kappa shape index (κ3) is 7.42. The number of thiocarbonyl (C=S) groups is 1. The van der Waals surface area contributed by atoms with Gasteiger partial charge in [-0.05, 0) is 97.4 Å². The molecule has 33 heavy (non-hydrogen) atoms. The van der Waals surface area contributed by atoms with Crippen LogP contribution in [0.2, 0.25) is 5.02 Å². The van der Waals surface area contributed by atoms with Gasteiger partial charge in [0.05, 0.1) is 4.90 Å². The molecule has 0 spiro atoms. The number of benzene rings is 3. The zero-order chi connectivity index (χ0) is 24.0. The molecule has 3 N–H and O–H groups in total. The van der Waals surface area contributed by atoms with Gasteiger partial charge in [-0.1, -0.05) is 29.8 Å². The molecular formula is C24H22ClN3O3S2. The third-order valence-corrected chi connectivity index (χ3v) is 6.28. The molecule has 0 aliphatic heterocycles. The number of hydrogen-bond donors (Lipinski definition) is 3. The van der Waals surface area contributed by atoms with Crippen LogP contribution in [0.25, 0.3) is 6.08 Å². The van der Waals surface area contributed by atoms with E-state index < -0.39 is 15.9 Å². The van der Waals surface area contributed by atoms with E-state index in [1.54, 1.807) is 54.6 Å². The van der Waals surface area contributed by atoms with Gasteiger partial charge in [0.15, 0.2) is 5.11 Å². The summed E-state index contributed by atoms with van der Waals surface area (Å²) in [6.07, 6.45) is 2.99. The molecule has 3 aromatic carbocycles. The summed E-state index contributed by atoms with van der Waals surface area (Å²) in [4.78, 5) is 12.2. The average molecular weight is 500 g/mol. The number of hydrogen-bond acceptors (Lipinski definition) is 4. The van der Waals surface area contributed by atoms with Crippen LogP contribution in [0.1, 0.15) is 16.7 Å². The molecule has 1 amide bonds. The van der Waals surface area contributed by atoms with E-state index in [4.69, 9.17) is 23.8 Å². The Morgan fingerprint density at radius 1 is 0.909 bits per heavy atom. The van der Waals surface area contributed by atoms with E-state index in [0.29, 0.717) is 16.4 Å². The maximum absolute atomic E-state index is 12.7. The summed E-state index contributed by atoms with van der Waals surface area (Å²) in [5.41, 5.74) is 3.79. The Labute approximate surface area is 203 Å². The average Bonchev–Trinajstić information content (AvgIpc) is 2.72. The van der Waals surface area contributed by atoms with Gasteiger partial charge in [-0.3, -0.25) is 14.8 Å². The molecule has 0 unspecified atom stereocenters. The summed E-state index contributed by atoms with van der Waals surface area (Å²) < 4.78 is 28.0. The van der Waals surface area contributed by atoms with E-state index in [1.807, 2.05) is 19.9 Å². The first-order chi connectivity index (χ1) is 15.6. The molecule has 0 aliphatic rings. The van der Waals surface area contributed by atoms with E-state index >= 15 is 0 Å². The summed E-state index contributed by atoms with van der Waals surface area (Å²) in [7, 11) is -3.75. The monoisotopic (exact) mass is 499 g/mol. The Bertz CT molecular complexity index is 1280. The predicted molar refractivity (Wildman–Crippen MR) is 138 cm³/mol. The van der Waals surface area contributed by atoms with Crippen LogP contribution < -0.4 is 15.4 Å². The predicted octanol–water partition coefficient (Wildman–Crippen LogP) is 5.28. The van der Waals surface area contributed by atoms with Crippen molar-refractivity contribution in [2.24, 2.45) is 0 Å². The Morgan fingerprint density at radius 2 is 1.52 bits per heavy atom. The van der Waals surface area contributed by atoms with Crippen LogP contribution in [0.4, 0.5) is 11.4 Å². The van der Waals surface area contributed by atoms with E-state index in [0.717, 1.165) is 16.7 Å². The minimum absolute atomic E-state index is 0.0877. The van der Waals surface area contributed by atoms with Crippen molar-refractivity contribution in [2.45, 2.75) is 18.7 Å². The molecule has 0 heterocycles. The first-order valence-electron chi connectivity index (χ1n) is 9.87. The number of amides is 1. The van der Waals surface area contributed by atoms with Gasteiger partial charge in [-0.2, -0.15) is 0 Å². The Hall–Kier alpha value is -3.20. The zero-order valence-electron chi connectivity index (χ0n) is 17.9. The number of rotatable bonds is 6. The number of anilines is 2. The normalized spacial score (nSPS) is 11.2. The number of nitrogens with one attached hydrogen (secondary N) is 3. The first-order valence-corrected chi connectivity index (χ1v) is 12.1. The first kappa shape index (κ1) is 24.4. The fourth-order valence-corrected chi connectivity index (χ4v) is 4.41. The van der Waals surface area contributed by atoms with Crippen molar-refractivity contribution >= 4 is 62.3 Å². The second-order valence-electron chi connectivity index (χ2n) is 7.33. The minimum atomic E-state index is -3.75. The Balaban J connectivity index is 1.58. The number of carbonyl (C=O) groups excluding carboxylic acids is 1. The summed E-state index contributed by atoms with van der Waals surface area (Å²) >= 11 is 11.0. The molecule has 0 radical (unpaired) electrons. The Morgan fingerprint density at radius 3 is 2.12 bits per heavy atom. The van der Waals surface area contributed by atoms with Crippen LogP contribution in [0.5, 0.6) is 0 Å². The van der Waals surface area contributed by atoms with Gasteiger partial charge >= 0.3 is 0 Å². The second kappa shape index (κ2) is 10.6. The van der Waals surface area contributed by atoms with Crippen molar-refractivity contribution < 1.29 is 13.2 Å². The SMILES string of the molecule is Cc1cc(C)cc(NS(=O)(=O)c2ccc(NC(=S)NC(=O)/C=C/c3ccc(Cl)cc3)cc2)c1. The summed E-state index contributed by atoms with van der Waals surface area (Å²) in [5, 5.41) is 6.09. The lowest BCUT2D eigenvalue weighted by molar-refractivity contribution is -0.115. The summed E-state index contributed by atoms with van der Waals surface area (Å²) in [6.45, 7) is 3.81. The summed E-state index contributed by atoms with van der Waals surface area (Å²) in [5.74, 6) is -0.403. The van der Waals surface area contributed by atoms with Crippen molar-refractivity contribution in [1.82, 2.24) is 5.32 Å². The van der Waals surface area contributed by atoms with Crippen LogP contribution in [-0.2, 0) is 14.8 Å². The molecule has 6 nitrogen and oxygen atoms in total. The third-order valence-electron chi connectivity index (χ3n) is 4.43. The molecule has 3 rings (SSSR count). The highest BCUT2D eigenvalue weighted by molar-refractivity contribution is 7.92. The van der Waals surface area contributed by atoms with E-state index in [9.17, 15) is 13.2 Å². The van der Waals surface area contributed by atoms with Gasteiger partial charge < -0.3 is 5.32 Å². The standard InChI is InChI=1S/C24H22ClN3O3S2/c1-16-13-17(2)15-21(14-16)28-33(30,31)22-10-8-20(9-11-22)26-24(32)27-23(29)12-5-18-3-6-19(25)7-4-18/h3-15,28H,1-2H3,(H2,26,27,29,32)/b12-5+. The van der Waals surface area contributed by atoms with Crippen LogP contribution in [0.15, 0.2) is 77.7 Å². The molecule has 0 bridgehead atoms. The van der Waals surface area contributed by atoms with Crippen LogP contribution >= 0.6 is 23.8 Å². The van der Waals surface area contributed by atoms with E-state index in [-0.39, 0.29) is 10.0 Å². The fourth-order valence-electron chi connectivity index (χ4n) is 3.03. The number of aryl methyl sites for hydroxylation is 2. The van der Waals surface area contributed by atoms with Crippen molar-refractivity contribution in [3.05, 3.63) is 94.5 Å². The minimum Gasteiger partial charge on any atom is -0.332 e. The van der Waals surface area contributed by atoms with Crippen molar-refractivity contribution in [3.63, 3.8) is 0 Å². The van der Waals surface area contributed by atoms with E-state index in [1.165, 1.54) is 18.2 Å². The number of halogens is 1. The molecule has 0 aromatic heterocycles. The summed E-state index contributed by atoms with van der Waals surface area (Å²) in [6, 6.07) is 18.6. The van der Waals surface area contributed by atoms with E-state index in [2.05, 4.69) is 15.4 Å². The van der Waals surface area contributed by atoms with Gasteiger partial charge in [0.2, 0.25) is 5.91 Å². The lowest BCUT2D eigenvalue weighted by Gasteiger charge is -2.11. The van der Waals surface area contributed by atoms with Gasteiger partial charge in [0, 0.05) is 22.5 Å². The smallest absolute Gasteiger partial charge is 0.261 e. The molecule has 0 fully saturated rings. The van der Waals surface area contributed by atoms with Gasteiger partial charge in [0.1, 0.15) is 0 Å². The number of sulfonamides is 1. The van der Waals surface area contributed by atoms with Gasteiger partial charge in [-0.15, -0.1) is 0 Å². The Kier molecular flexibility index (Phi) is 7.86. The lowest BCUT2D eigenvalue weighted by atomic mass is 10.1. The topological polar surface area (TPSA) is 87.3 Å². The van der Waals surface area contributed by atoms with Crippen molar-refractivity contribution in [1.29, 1.82) is 0 Å². The maximum atomic E-state index is 12.7. The highest BCUT2D eigenvalue weighted by Crippen LogP contribution is 2.20. The molecule has 170 valence electrons. The second-order valence-corrected chi connectivity index (χ2v) is 9.86. The van der Waals surface area contributed by atoms with Crippen LogP contribution in [0, 0.1) is 13.8 Å². The number of carbonyl (C=O) groups is 1. The maximum Gasteiger partial charge on any atom is 0.261 e. The van der Waals surface area contributed by atoms with Crippen LogP contribution in [-0.4, -0.2) is 19.4 Å². The van der Waals surface area contributed by atoms with Gasteiger partial charge in [-0.25, -0.2) is 8.42 Å². The van der Waals surface area contributed by atoms with Crippen molar-refractivity contribution in [2.75, 3.05) is 10.0 Å². The molecule has 3 aromatic rings. The molecular weight excluding hydrogens is 478 g/mol. The quantitative estimate of drug-likeness (QED) is 0.317. The molecule has 0 saturated carbocycles. The molecule has 0 atom stereocenters. The highest BCUT2D eigenvalue weighted by atomic mass is 35.5. The largest absolute Gasteiger partial charge is 0.332 e. The van der Waals surface area contributed by atoms with Crippen molar-refractivity contribution in [3.8, 4) is 0 Å². The molecule has 0 aliphatic carbocycles. The zero-order valence-corrected chi connectivity index (χ0v) is 20.3.